The van der Waals surface area contributed by atoms with E-state index in [0.717, 1.165) is 0 Å². The molecule has 0 saturated carbocycles. The van der Waals surface area contributed by atoms with Gasteiger partial charge < -0.3 is 20.9 Å². The van der Waals surface area contributed by atoms with Gasteiger partial charge in [-0.3, -0.25) is 19.0 Å². The zero-order valence-electron chi connectivity index (χ0n) is 15.5. The van der Waals surface area contributed by atoms with Crippen molar-refractivity contribution >= 4 is 39.3 Å². The molecule has 1 saturated heterocycles. The standard InChI is InChI=1S/C15H20ClN3O4.CH4O3S/c1-23-13-7-12(17)11(16)6-10(13)15(22)18-9-2-4-19(5-3-9)8-14(20)21;1-5(2,3)4/h6-7,9H,2-5,8,17H2,1H3,(H,18,22)(H,20,21);1H3,(H,2,3,4). The fraction of sp³-hybridized carbons (Fsp3) is 0.500. The molecule has 0 spiro atoms. The summed E-state index contributed by atoms with van der Waals surface area (Å²) in [6.45, 7) is 1.30. The molecule has 28 heavy (non-hydrogen) atoms. The number of nitrogens with zero attached hydrogens (tertiary/aromatic N) is 1. The molecule has 0 radical (unpaired) electrons. The summed E-state index contributed by atoms with van der Waals surface area (Å²) in [5.74, 6) is -0.748. The summed E-state index contributed by atoms with van der Waals surface area (Å²) in [5.41, 5.74) is 6.39. The molecule has 158 valence electrons. The van der Waals surface area contributed by atoms with Crippen molar-refractivity contribution in [2.45, 2.75) is 18.9 Å². The van der Waals surface area contributed by atoms with E-state index in [-0.39, 0.29) is 18.5 Å². The molecule has 5 N–H and O–H groups in total. The Hall–Kier alpha value is -2.08. The number of carbonyl (C=O) groups is 2. The van der Waals surface area contributed by atoms with Crippen LogP contribution in [0.5, 0.6) is 5.75 Å². The van der Waals surface area contributed by atoms with Gasteiger partial charge in [0.25, 0.3) is 16.0 Å². The van der Waals surface area contributed by atoms with Crippen LogP contribution in [0.2, 0.25) is 5.02 Å². The van der Waals surface area contributed by atoms with Crippen molar-refractivity contribution in [1.82, 2.24) is 10.2 Å². The molecule has 1 heterocycles. The molecule has 0 aliphatic carbocycles. The highest BCUT2D eigenvalue weighted by Crippen LogP contribution is 2.29. The molecule has 0 aromatic heterocycles. The Morgan fingerprint density at radius 2 is 1.89 bits per heavy atom. The highest BCUT2D eigenvalue weighted by atomic mass is 35.5. The van der Waals surface area contributed by atoms with E-state index in [1.54, 1.807) is 0 Å². The van der Waals surface area contributed by atoms with E-state index in [4.69, 9.17) is 31.7 Å². The van der Waals surface area contributed by atoms with Gasteiger partial charge in [-0.1, -0.05) is 11.6 Å². The normalized spacial score (nSPS) is 15.3. The third-order valence-electron chi connectivity index (χ3n) is 3.85. The van der Waals surface area contributed by atoms with Crippen molar-refractivity contribution in [2.75, 3.05) is 38.7 Å². The molecule has 0 atom stereocenters. The number of methoxy groups -OCH3 is 1. The molecule has 1 aromatic carbocycles. The molecule has 2 rings (SSSR count). The number of carbonyl (C=O) groups excluding carboxylic acids is 1. The summed E-state index contributed by atoms with van der Waals surface area (Å²) in [7, 11) is -2.20. The highest BCUT2D eigenvalue weighted by Gasteiger charge is 2.23. The Labute approximate surface area is 168 Å². The number of nitrogens with one attached hydrogen (secondary N) is 1. The highest BCUT2D eigenvalue weighted by molar-refractivity contribution is 7.85. The SMILES string of the molecule is COc1cc(N)c(Cl)cc1C(=O)NC1CCN(CC(=O)O)CC1.CS(=O)(=O)O. The Morgan fingerprint density at radius 1 is 1.36 bits per heavy atom. The van der Waals surface area contributed by atoms with Gasteiger partial charge >= 0.3 is 5.97 Å². The van der Waals surface area contributed by atoms with Crippen molar-refractivity contribution in [3.05, 3.63) is 22.7 Å². The predicted octanol–water partition coefficient (Wildman–Crippen LogP) is 0.714. The van der Waals surface area contributed by atoms with E-state index in [2.05, 4.69) is 5.32 Å². The minimum Gasteiger partial charge on any atom is -0.496 e. The molecule has 1 aliphatic heterocycles. The number of nitrogen functional groups attached to an aromatic ring is 1. The lowest BCUT2D eigenvalue weighted by molar-refractivity contribution is -0.138. The van der Waals surface area contributed by atoms with Gasteiger partial charge in [-0.05, 0) is 18.9 Å². The number of likely N-dealkylation sites (tertiary alicyclic amines) is 1. The van der Waals surface area contributed by atoms with Crippen molar-refractivity contribution in [3.63, 3.8) is 0 Å². The lowest BCUT2D eigenvalue weighted by Gasteiger charge is -2.31. The summed E-state index contributed by atoms with van der Waals surface area (Å²) in [5, 5.41) is 12.0. The van der Waals surface area contributed by atoms with Crippen LogP contribution in [-0.2, 0) is 14.9 Å². The number of benzene rings is 1. The number of aliphatic carboxylic acids is 1. The molecule has 0 unspecified atom stereocenters. The number of piperidine rings is 1. The third-order valence-corrected chi connectivity index (χ3v) is 4.17. The Bertz CT molecular complexity index is 801. The Morgan fingerprint density at radius 3 is 2.36 bits per heavy atom. The molecule has 0 bridgehead atoms. The predicted molar refractivity (Wildman–Crippen MR) is 104 cm³/mol. The number of carboxylic acid groups (broad SMARTS) is 1. The van der Waals surface area contributed by atoms with E-state index in [0.29, 0.717) is 54.2 Å². The van der Waals surface area contributed by atoms with Gasteiger partial charge in [0.2, 0.25) is 0 Å². The zero-order chi connectivity index (χ0) is 21.5. The summed E-state index contributed by atoms with van der Waals surface area (Å²) >= 11 is 5.97. The van der Waals surface area contributed by atoms with Crippen LogP contribution in [0.25, 0.3) is 0 Å². The van der Waals surface area contributed by atoms with Crippen LogP contribution in [0.15, 0.2) is 12.1 Å². The second-order valence-corrected chi connectivity index (χ2v) is 8.10. The monoisotopic (exact) mass is 437 g/mol. The summed E-state index contributed by atoms with van der Waals surface area (Å²) in [6, 6.07) is 3.01. The van der Waals surface area contributed by atoms with Crippen LogP contribution in [0, 0.1) is 0 Å². The second-order valence-electron chi connectivity index (χ2n) is 6.22. The number of ether oxygens (including phenoxy) is 1. The summed E-state index contributed by atoms with van der Waals surface area (Å²) < 4.78 is 31.0. The minimum absolute atomic E-state index is 0.00594. The first-order chi connectivity index (χ1) is 12.9. The number of hydrogen-bond acceptors (Lipinski definition) is 7. The molecule has 1 aromatic rings. The lowest BCUT2D eigenvalue weighted by Crippen LogP contribution is -2.46. The van der Waals surface area contributed by atoms with Crippen LogP contribution < -0.4 is 15.8 Å². The van der Waals surface area contributed by atoms with Gasteiger partial charge in [-0.2, -0.15) is 8.42 Å². The van der Waals surface area contributed by atoms with Crippen LogP contribution in [0.3, 0.4) is 0 Å². The fourth-order valence-corrected chi connectivity index (χ4v) is 2.77. The number of rotatable bonds is 5. The number of halogens is 1. The maximum atomic E-state index is 12.4. The second kappa shape index (κ2) is 10.5. The topological polar surface area (TPSA) is 159 Å². The van der Waals surface area contributed by atoms with E-state index in [9.17, 15) is 18.0 Å². The first-order valence-corrected chi connectivity index (χ1v) is 10.4. The minimum atomic E-state index is -3.67. The first-order valence-electron chi connectivity index (χ1n) is 8.21. The van der Waals surface area contributed by atoms with Gasteiger partial charge in [-0.25, -0.2) is 0 Å². The molecular formula is C16H24ClN3O7S. The average Bonchev–Trinajstić information content (AvgIpc) is 2.56. The largest absolute Gasteiger partial charge is 0.496 e. The zero-order valence-corrected chi connectivity index (χ0v) is 17.1. The summed E-state index contributed by atoms with van der Waals surface area (Å²) in [4.78, 5) is 25.0. The van der Waals surface area contributed by atoms with Gasteiger partial charge in [-0.15, -0.1) is 0 Å². The first kappa shape index (κ1) is 24.0. The smallest absolute Gasteiger partial charge is 0.317 e. The van der Waals surface area contributed by atoms with Crippen molar-refractivity contribution in [1.29, 1.82) is 0 Å². The van der Waals surface area contributed by atoms with Crippen LogP contribution in [0.4, 0.5) is 5.69 Å². The molecular weight excluding hydrogens is 414 g/mol. The molecule has 1 amide bonds. The number of nitrogens with two attached hydrogens (primary N) is 1. The quantitative estimate of drug-likeness (QED) is 0.384. The lowest BCUT2D eigenvalue weighted by atomic mass is 10.0. The Balaban J connectivity index is 0.000000696. The van der Waals surface area contributed by atoms with Crippen molar-refractivity contribution in [2.24, 2.45) is 0 Å². The van der Waals surface area contributed by atoms with Crippen LogP contribution in [0.1, 0.15) is 23.2 Å². The van der Waals surface area contributed by atoms with Crippen LogP contribution >= 0.6 is 11.6 Å². The van der Waals surface area contributed by atoms with Gasteiger partial charge in [0.1, 0.15) is 5.75 Å². The molecule has 12 heteroatoms. The number of hydrogen-bond donors (Lipinski definition) is 4. The average molecular weight is 438 g/mol. The molecule has 10 nitrogen and oxygen atoms in total. The third kappa shape index (κ3) is 8.74. The van der Waals surface area contributed by atoms with Gasteiger partial charge in [0, 0.05) is 25.2 Å². The number of anilines is 1. The number of amides is 1. The Kier molecular flexibility index (Phi) is 8.95. The maximum Gasteiger partial charge on any atom is 0.317 e. The van der Waals surface area contributed by atoms with E-state index in [1.807, 2.05) is 4.90 Å². The summed E-state index contributed by atoms with van der Waals surface area (Å²) in [6.07, 6.45) is 2.11. The van der Waals surface area contributed by atoms with Gasteiger partial charge in [0.05, 0.1) is 36.2 Å². The van der Waals surface area contributed by atoms with E-state index < -0.39 is 16.1 Å². The molecule has 1 aliphatic rings. The van der Waals surface area contributed by atoms with E-state index >= 15 is 0 Å². The number of carboxylic acids is 1. The van der Waals surface area contributed by atoms with Crippen molar-refractivity contribution < 1.29 is 32.4 Å². The maximum absolute atomic E-state index is 12.4. The van der Waals surface area contributed by atoms with Gasteiger partial charge in [0.15, 0.2) is 0 Å². The van der Waals surface area contributed by atoms with E-state index in [1.165, 1.54) is 19.2 Å². The van der Waals surface area contributed by atoms with Crippen molar-refractivity contribution in [3.8, 4) is 5.75 Å². The molecule has 1 fully saturated rings. The van der Waals surface area contributed by atoms with Crippen LogP contribution in [-0.4, -0.2) is 73.9 Å². The fourth-order valence-electron chi connectivity index (χ4n) is 2.61.